The van der Waals surface area contributed by atoms with Gasteiger partial charge in [0.25, 0.3) is 5.91 Å². The van der Waals surface area contributed by atoms with E-state index in [-0.39, 0.29) is 39.2 Å². The van der Waals surface area contributed by atoms with Gasteiger partial charge in [-0.05, 0) is 54.4 Å². The molecule has 0 radical (unpaired) electrons. The van der Waals surface area contributed by atoms with Crippen molar-refractivity contribution in [3.8, 4) is 0 Å². The van der Waals surface area contributed by atoms with Crippen LogP contribution in [0, 0.1) is 23.4 Å². The number of Topliss-reactive ketones (excluding diaryl/α,β-unsaturated/α-hetero) is 1. The van der Waals surface area contributed by atoms with E-state index >= 15 is 4.39 Å². The first-order valence-corrected chi connectivity index (χ1v) is 13.6. The van der Waals surface area contributed by atoms with Crippen LogP contribution in [0.2, 0.25) is 10.0 Å². The van der Waals surface area contributed by atoms with Gasteiger partial charge in [-0.2, -0.15) is 0 Å². The average Bonchev–Trinajstić information content (AvgIpc) is 3.48. The van der Waals surface area contributed by atoms with Gasteiger partial charge in [0.1, 0.15) is 21.8 Å². The molecule has 1 aliphatic rings. The van der Waals surface area contributed by atoms with Crippen LogP contribution in [0.5, 0.6) is 0 Å². The third-order valence-corrected chi connectivity index (χ3v) is 8.01. The highest BCUT2D eigenvalue weighted by Gasteiger charge is 2.67. The number of rotatable bonds is 9. The lowest BCUT2D eigenvalue weighted by molar-refractivity contribution is -0.119. The molecule has 3 aromatic carbocycles. The highest BCUT2D eigenvalue weighted by Crippen LogP contribution is 2.65. The van der Waals surface area contributed by atoms with Crippen molar-refractivity contribution in [3.05, 3.63) is 92.7 Å². The Labute approximate surface area is 247 Å². The first kappa shape index (κ1) is 30.2. The lowest BCUT2D eigenvalue weighted by atomic mass is 10.0. The van der Waals surface area contributed by atoms with Crippen LogP contribution in [0.15, 0.2) is 48.5 Å². The summed E-state index contributed by atoms with van der Waals surface area (Å²) >= 11 is 24.7. The normalized spacial score (nSPS) is 17.3. The van der Waals surface area contributed by atoms with E-state index in [1.165, 1.54) is 30.3 Å². The minimum absolute atomic E-state index is 0.00866. The highest BCUT2D eigenvalue weighted by atomic mass is 35.5. The lowest BCUT2D eigenvalue weighted by Gasteiger charge is -2.13. The van der Waals surface area contributed by atoms with E-state index in [0.717, 1.165) is 18.2 Å². The highest BCUT2D eigenvalue weighted by molar-refractivity contribution is 6.53. The van der Waals surface area contributed by atoms with E-state index in [9.17, 15) is 23.2 Å². The maximum atomic E-state index is 15.0. The van der Waals surface area contributed by atoms with E-state index in [0.29, 0.717) is 12.0 Å². The zero-order valence-corrected chi connectivity index (χ0v) is 23.8. The third-order valence-electron chi connectivity index (χ3n) is 6.45. The van der Waals surface area contributed by atoms with Crippen molar-refractivity contribution in [2.45, 2.75) is 36.4 Å². The summed E-state index contributed by atoms with van der Waals surface area (Å²) in [6.07, 6.45) is 0.243. The first-order valence-electron chi connectivity index (χ1n) is 12.1. The van der Waals surface area contributed by atoms with Crippen LogP contribution in [0.4, 0.5) is 24.5 Å². The average molecular weight is 632 g/mol. The first-order chi connectivity index (χ1) is 18.8. The molecule has 1 fully saturated rings. The van der Waals surface area contributed by atoms with Gasteiger partial charge in [-0.25, -0.2) is 13.2 Å². The number of alkyl halides is 2. The Morgan fingerprint density at radius 1 is 0.900 bits per heavy atom. The number of ketones is 1. The van der Waals surface area contributed by atoms with Crippen molar-refractivity contribution in [2.24, 2.45) is 5.92 Å². The Balaban J connectivity index is 1.51. The van der Waals surface area contributed by atoms with E-state index in [1.54, 1.807) is 6.92 Å². The zero-order chi connectivity index (χ0) is 29.4. The quantitative estimate of drug-likeness (QED) is 0.234. The molecule has 0 heterocycles. The predicted molar refractivity (Wildman–Crippen MR) is 150 cm³/mol. The fourth-order valence-electron chi connectivity index (χ4n) is 4.38. The molecule has 0 aliphatic heterocycles. The van der Waals surface area contributed by atoms with E-state index in [2.05, 4.69) is 10.6 Å². The standard InChI is InChI=1S/C28H21Cl4F3N2O3/c1-2-3-15(38)12-17-20(33)8-9-22(25(17)35)37-26(39)16-11-14(5-6-18(16)29)36-27(40)24-23(28(24,31)32)13-4-7-21(34)19(30)10-13/h4-11,23-24H,2-3,12H2,1H3,(H,36,40)(H,37,39)/t23-,24+/m0/s1. The van der Waals surface area contributed by atoms with Crippen LogP contribution < -0.4 is 10.6 Å². The number of nitrogens with one attached hydrogen (secondary N) is 2. The SMILES string of the molecule is CCCC(=O)Cc1c(F)ccc(NC(=O)c2cc(NC(=O)[C@H]3[C@H](c4ccc(F)c(Cl)c4)C3(Cl)Cl)ccc2Cl)c1F. The topological polar surface area (TPSA) is 75.3 Å². The molecule has 2 atom stereocenters. The van der Waals surface area contributed by atoms with Crippen LogP contribution >= 0.6 is 46.4 Å². The van der Waals surface area contributed by atoms with Crippen LogP contribution in [-0.2, 0) is 16.0 Å². The minimum atomic E-state index is -1.48. The Hall–Kier alpha value is -2.78. The molecular formula is C28H21Cl4F3N2O3. The zero-order valence-electron chi connectivity index (χ0n) is 20.8. The van der Waals surface area contributed by atoms with Gasteiger partial charge in [0, 0.05) is 30.0 Å². The van der Waals surface area contributed by atoms with Crippen molar-refractivity contribution < 1.29 is 27.6 Å². The third kappa shape index (κ3) is 6.25. The number of carbonyl (C=O) groups excluding carboxylic acids is 3. The summed E-state index contributed by atoms with van der Waals surface area (Å²) in [4.78, 5) is 37.9. The smallest absolute Gasteiger partial charge is 0.257 e. The molecule has 3 aromatic rings. The second kappa shape index (κ2) is 12.0. The fraction of sp³-hybridized carbons (Fsp3) is 0.250. The maximum Gasteiger partial charge on any atom is 0.257 e. The Bertz CT molecular complexity index is 1520. The summed E-state index contributed by atoms with van der Waals surface area (Å²) in [5.41, 5.74) is -0.270. The maximum absolute atomic E-state index is 15.0. The number of hydrogen-bond donors (Lipinski definition) is 2. The number of carbonyl (C=O) groups is 3. The predicted octanol–water partition coefficient (Wildman–Crippen LogP) is 8.10. The second-order valence-electron chi connectivity index (χ2n) is 9.29. The van der Waals surface area contributed by atoms with Gasteiger partial charge >= 0.3 is 0 Å². The van der Waals surface area contributed by atoms with Crippen molar-refractivity contribution in [1.29, 1.82) is 0 Å². The van der Waals surface area contributed by atoms with Gasteiger partial charge in [-0.3, -0.25) is 14.4 Å². The van der Waals surface area contributed by atoms with E-state index in [1.807, 2.05) is 0 Å². The number of anilines is 2. The lowest BCUT2D eigenvalue weighted by Crippen LogP contribution is -2.19. The minimum Gasteiger partial charge on any atom is -0.326 e. The molecule has 0 aromatic heterocycles. The molecular weight excluding hydrogens is 611 g/mol. The van der Waals surface area contributed by atoms with Crippen LogP contribution in [-0.4, -0.2) is 21.9 Å². The summed E-state index contributed by atoms with van der Waals surface area (Å²) in [7, 11) is 0. The number of amides is 2. The molecule has 0 saturated heterocycles. The van der Waals surface area contributed by atoms with Gasteiger partial charge in [0.2, 0.25) is 5.91 Å². The van der Waals surface area contributed by atoms with Crippen molar-refractivity contribution >= 4 is 75.4 Å². The van der Waals surface area contributed by atoms with Crippen LogP contribution in [0.25, 0.3) is 0 Å². The molecule has 12 heteroatoms. The molecule has 210 valence electrons. The van der Waals surface area contributed by atoms with Gasteiger partial charge in [0.15, 0.2) is 5.82 Å². The molecule has 0 spiro atoms. The summed E-state index contributed by atoms with van der Waals surface area (Å²) in [5, 5.41) is 4.80. The summed E-state index contributed by atoms with van der Waals surface area (Å²) in [5.74, 6) is -5.93. The van der Waals surface area contributed by atoms with Crippen molar-refractivity contribution in [3.63, 3.8) is 0 Å². The van der Waals surface area contributed by atoms with Crippen LogP contribution in [0.1, 0.15) is 47.2 Å². The Kier molecular flexibility index (Phi) is 9.05. The van der Waals surface area contributed by atoms with Gasteiger partial charge < -0.3 is 10.6 Å². The summed E-state index contributed by atoms with van der Waals surface area (Å²) in [6, 6.07) is 9.96. The largest absolute Gasteiger partial charge is 0.326 e. The van der Waals surface area contributed by atoms with Crippen molar-refractivity contribution in [2.75, 3.05) is 10.6 Å². The second-order valence-corrected chi connectivity index (χ2v) is 11.6. The van der Waals surface area contributed by atoms with Gasteiger partial charge in [-0.15, -0.1) is 23.2 Å². The van der Waals surface area contributed by atoms with Gasteiger partial charge in [0.05, 0.1) is 27.2 Å². The molecule has 0 bridgehead atoms. The molecule has 2 amide bonds. The molecule has 1 saturated carbocycles. The number of halogens is 7. The molecule has 1 aliphatic carbocycles. The molecule has 40 heavy (non-hydrogen) atoms. The monoisotopic (exact) mass is 630 g/mol. The molecule has 0 unspecified atom stereocenters. The van der Waals surface area contributed by atoms with Crippen LogP contribution in [0.3, 0.4) is 0 Å². The molecule has 2 N–H and O–H groups in total. The fourth-order valence-corrected chi connectivity index (χ4v) is 5.60. The van der Waals surface area contributed by atoms with E-state index in [4.69, 9.17) is 46.4 Å². The summed E-state index contributed by atoms with van der Waals surface area (Å²) in [6.45, 7) is 1.77. The number of hydrogen-bond acceptors (Lipinski definition) is 3. The summed E-state index contributed by atoms with van der Waals surface area (Å²) < 4.78 is 41.3. The number of benzene rings is 3. The van der Waals surface area contributed by atoms with E-state index < -0.39 is 57.4 Å². The Morgan fingerprint density at radius 3 is 2.27 bits per heavy atom. The molecule has 5 nitrogen and oxygen atoms in total. The molecule has 4 rings (SSSR count). The van der Waals surface area contributed by atoms with Crippen molar-refractivity contribution in [1.82, 2.24) is 0 Å². The Morgan fingerprint density at radius 2 is 1.60 bits per heavy atom. The van der Waals surface area contributed by atoms with Gasteiger partial charge in [-0.1, -0.05) is 36.2 Å².